The molecule has 2 fully saturated rings. The van der Waals surface area contributed by atoms with Crippen molar-refractivity contribution in [2.75, 3.05) is 59.4 Å². The molecule has 0 amide bonds. The molecule has 15 heavy (non-hydrogen) atoms. The van der Waals surface area contributed by atoms with E-state index in [1.54, 1.807) is 0 Å². The second kappa shape index (κ2) is 5.28. The number of rotatable bonds is 4. The van der Waals surface area contributed by atoms with Crippen LogP contribution in [0.15, 0.2) is 0 Å². The Labute approximate surface area is 94.0 Å². The summed E-state index contributed by atoms with van der Waals surface area (Å²) in [6.45, 7) is 12.6. The van der Waals surface area contributed by atoms with Gasteiger partial charge in [-0.1, -0.05) is 13.3 Å². The Kier molecular flexibility index (Phi) is 4.00. The molecule has 0 spiro atoms. The fraction of sp³-hybridized carbons (Fsp3) is 1.00. The molecule has 0 unspecified atom stereocenters. The highest BCUT2D eigenvalue weighted by Gasteiger charge is 2.25. The Morgan fingerprint density at radius 3 is 2.13 bits per heavy atom. The van der Waals surface area contributed by atoms with Gasteiger partial charge in [-0.2, -0.15) is 0 Å². The molecular formula is C12H25N3. The first-order chi connectivity index (χ1) is 7.28. The SMILES string of the molecule is CCC1CN(CCN2CCN(C)CC2)C1. The molecule has 0 bridgehead atoms. The minimum absolute atomic E-state index is 0.998. The maximum Gasteiger partial charge on any atom is 0.0110 e. The summed E-state index contributed by atoms with van der Waals surface area (Å²) in [6, 6.07) is 0. The summed E-state index contributed by atoms with van der Waals surface area (Å²) in [6.07, 6.45) is 1.37. The van der Waals surface area contributed by atoms with Gasteiger partial charge in [0.25, 0.3) is 0 Å². The van der Waals surface area contributed by atoms with Gasteiger partial charge in [-0.15, -0.1) is 0 Å². The lowest BCUT2D eigenvalue weighted by Gasteiger charge is -2.41. The molecule has 0 aromatic rings. The molecule has 3 heteroatoms. The number of nitrogens with zero attached hydrogens (tertiary/aromatic N) is 3. The molecule has 0 radical (unpaired) electrons. The zero-order valence-electron chi connectivity index (χ0n) is 10.3. The first kappa shape index (κ1) is 11.4. The van der Waals surface area contributed by atoms with Crippen LogP contribution >= 0.6 is 0 Å². The molecule has 0 aromatic carbocycles. The van der Waals surface area contributed by atoms with Crippen LogP contribution in [0.4, 0.5) is 0 Å². The molecule has 2 aliphatic rings. The number of likely N-dealkylation sites (N-methyl/N-ethyl adjacent to an activating group) is 1. The molecule has 3 nitrogen and oxygen atoms in total. The molecule has 0 aromatic heterocycles. The minimum Gasteiger partial charge on any atom is -0.304 e. The number of hydrogen-bond acceptors (Lipinski definition) is 3. The van der Waals surface area contributed by atoms with Gasteiger partial charge in [0.2, 0.25) is 0 Å². The lowest BCUT2D eigenvalue weighted by atomic mass is 9.97. The van der Waals surface area contributed by atoms with Crippen LogP contribution in [0.5, 0.6) is 0 Å². The second-order valence-electron chi connectivity index (χ2n) is 5.18. The Morgan fingerprint density at radius 2 is 1.53 bits per heavy atom. The van der Waals surface area contributed by atoms with Gasteiger partial charge < -0.3 is 9.80 Å². The van der Waals surface area contributed by atoms with E-state index in [1.165, 1.54) is 58.8 Å². The third-order valence-electron chi connectivity index (χ3n) is 3.94. The van der Waals surface area contributed by atoms with Crippen LogP contribution in [-0.4, -0.2) is 74.1 Å². The Balaban J connectivity index is 1.55. The van der Waals surface area contributed by atoms with Gasteiger partial charge in [0.05, 0.1) is 0 Å². The van der Waals surface area contributed by atoms with E-state index < -0.39 is 0 Å². The van der Waals surface area contributed by atoms with Gasteiger partial charge in [0.15, 0.2) is 0 Å². The first-order valence-electron chi connectivity index (χ1n) is 6.41. The van der Waals surface area contributed by atoms with Crippen LogP contribution in [0.3, 0.4) is 0 Å². The number of likely N-dealkylation sites (tertiary alicyclic amines) is 1. The highest BCUT2D eigenvalue weighted by atomic mass is 15.3. The normalized spacial score (nSPS) is 26.8. The van der Waals surface area contributed by atoms with Crippen LogP contribution in [0.25, 0.3) is 0 Å². The van der Waals surface area contributed by atoms with Gasteiger partial charge in [-0.3, -0.25) is 4.90 Å². The Hall–Kier alpha value is -0.120. The molecule has 0 aliphatic carbocycles. The summed E-state index contributed by atoms with van der Waals surface area (Å²) in [7, 11) is 2.22. The second-order valence-corrected chi connectivity index (χ2v) is 5.18. The monoisotopic (exact) mass is 211 g/mol. The van der Waals surface area contributed by atoms with Crippen LogP contribution in [0, 0.1) is 5.92 Å². The van der Waals surface area contributed by atoms with Gasteiger partial charge >= 0.3 is 0 Å². The minimum atomic E-state index is 0.998. The van der Waals surface area contributed by atoms with Crippen molar-refractivity contribution in [1.82, 2.24) is 14.7 Å². The van der Waals surface area contributed by atoms with E-state index in [2.05, 4.69) is 28.7 Å². The van der Waals surface area contributed by atoms with Gasteiger partial charge in [-0.25, -0.2) is 0 Å². The third kappa shape index (κ3) is 3.16. The summed E-state index contributed by atoms with van der Waals surface area (Å²) < 4.78 is 0. The maximum atomic E-state index is 2.61. The fourth-order valence-corrected chi connectivity index (χ4v) is 2.47. The molecule has 0 N–H and O–H groups in total. The van der Waals surface area contributed by atoms with E-state index in [-0.39, 0.29) is 0 Å². The summed E-state index contributed by atoms with van der Waals surface area (Å²) in [5.41, 5.74) is 0. The predicted octanol–water partition coefficient (Wildman–Crippen LogP) is 0.576. The van der Waals surface area contributed by atoms with Crippen molar-refractivity contribution in [3.8, 4) is 0 Å². The molecule has 2 aliphatic heterocycles. The molecule has 2 heterocycles. The van der Waals surface area contributed by atoms with Crippen molar-refractivity contribution in [1.29, 1.82) is 0 Å². The largest absolute Gasteiger partial charge is 0.304 e. The zero-order valence-corrected chi connectivity index (χ0v) is 10.3. The summed E-state index contributed by atoms with van der Waals surface area (Å²) in [5.74, 6) is 0.998. The fourth-order valence-electron chi connectivity index (χ4n) is 2.47. The molecule has 88 valence electrons. The Morgan fingerprint density at radius 1 is 0.933 bits per heavy atom. The molecular weight excluding hydrogens is 186 g/mol. The summed E-state index contributed by atoms with van der Waals surface area (Å²) >= 11 is 0. The zero-order chi connectivity index (χ0) is 10.7. The smallest absolute Gasteiger partial charge is 0.0110 e. The molecule has 2 rings (SSSR count). The average Bonchev–Trinajstić information content (AvgIpc) is 2.19. The number of piperazine rings is 1. The lowest BCUT2D eigenvalue weighted by Crippen LogP contribution is -2.51. The van der Waals surface area contributed by atoms with Crippen LogP contribution < -0.4 is 0 Å². The van der Waals surface area contributed by atoms with Crippen LogP contribution in [-0.2, 0) is 0 Å². The standard InChI is InChI=1S/C12H25N3/c1-3-12-10-15(11-12)9-8-14-6-4-13(2)5-7-14/h12H,3-11H2,1-2H3. The van der Waals surface area contributed by atoms with Crippen molar-refractivity contribution < 1.29 is 0 Å². The third-order valence-corrected chi connectivity index (χ3v) is 3.94. The van der Waals surface area contributed by atoms with E-state index in [4.69, 9.17) is 0 Å². The maximum absolute atomic E-state index is 2.61. The van der Waals surface area contributed by atoms with Crippen molar-refractivity contribution >= 4 is 0 Å². The highest BCUT2D eigenvalue weighted by molar-refractivity contribution is 4.80. The van der Waals surface area contributed by atoms with Gasteiger partial charge in [0.1, 0.15) is 0 Å². The van der Waals surface area contributed by atoms with Gasteiger partial charge in [0, 0.05) is 52.4 Å². The lowest BCUT2D eigenvalue weighted by molar-refractivity contribution is 0.0715. The van der Waals surface area contributed by atoms with Crippen LogP contribution in [0.2, 0.25) is 0 Å². The van der Waals surface area contributed by atoms with E-state index in [0.29, 0.717) is 0 Å². The predicted molar refractivity (Wildman–Crippen MR) is 64.2 cm³/mol. The summed E-state index contributed by atoms with van der Waals surface area (Å²) in [5, 5.41) is 0. The quantitative estimate of drug-likeness (QED) is 0.673. The van der Waals surface area contributed by atoms with E-state index in [9.17, 15) is 0 Å². The Bertz CT molecular complexity index is 181. The van der Waals surface area contributed by atoms with E-state index in [0.717, 1.165) is 5.92 Å². The van der Waals surface area contributed by atoms with Crippen molar-refractivity contribution in [2.24, 2.45) is 5.92 Å². The topological polar surface area (TPSA) is 9.72 Å². The van der Waals surface area contributed by atoms with Crippen LogP contribution in [0.1, 0.15) is 13.3 Å². The molecule has 0 saturated carbocycles. The van der Waals surface area contributed by atoms with E-state index in [1.807, 2.05) is 0 Å². The molecule has 0 atom stereocenters. The summed E-state index contributed by atoms with van der Waals surface area (Å²) in [4.78, 5) is 7.64. The first-order valence-corrected chi connectivity index (χ1v) is 6.41. The van der Waals surface area contributed by atoms with Crippen molar-refractivity contribution in [3.05, 3.63) is 0 Å². The van der Waals surface area contributed by atoms with Gasteiger partial charge in [-0.05, 0) is 13.0 Å². The van der Waals surface area contributed by atoms with E-state index >= 15 is 0 Å². The van der Waals surface area contributed by atoms with Crippen molar-refractivity contribution in [2.45, 2.75) is 13.3 Å². The number of hydrogen-bond donors (Lipinski definition) is 0. The molecule has 2 saturated heterocycles. The van der Waals surface area contributed by atoms with Crippen molar-refractivity contribution in [3.63, 3.8) is 0 Å². The average molecular weight is 211 g/mol. The highest BCUT2D eigenvalue weighted by Crippen LogP contribution is 2.17.